The molecule has 0 unspecified atom stereocenters. The number of H-pyrrole nitrogens is 1. The van der Waals surface area contributed by atoms with Gasteiger partial charge in [-0.15, -0.1) is 0 Å². The lowest BCUT2D eigenvalue weighted by Crippen LogP contribution is -2.33. The Hall–Kier alpha value is -3.00. The van der Waals surface area contributed by atoms with Crippen molar-refractivity contribution < 1.29 is 9.18 Å². The highest BCUT2D eigenvalue weighted by Gasteiger charge is 2.32. The standard InChI is InChI=1S/C24H29FN6O/c1-14-18(17-11-16(25)6-7-20(17)27-14)12-30-10-8-21-19(13-30)23(26-3)29-24(28-21)22-5-4-9-31(22)15(2)32/h6-7,11,22,27H,4-5,8-10,12-13H2,1-3H3,(H,26,28,29)/t22-/m0/s1. The van der Waals surface area contributed by atoms with E-state index in [-0.39, 0.29) is 17.8 Å². The summed E-state index contributed by atoms with van der Waals surface area (Å²) in [5.41, 5.74) is 5.34. The van der Waals surface area contributed by atoms with E-state index in [0.29, 0.717) is 0 Å². The molecule has 3 aromatic rings. The number of hydrogen-bond acceptors (Lipinski definition) is 5. The SMILES string of the molecule is CNc1nc([C@@H]2CCCN2C(C)=O)nc2c1CN(Cc1c(C)[nH]c3ccc(F)cc13)CC2. The first-order valence-electron chi connectivity index (χ1n) is 11.3. The monoisotopic (exact) mass is 436 g/mol. The molecule has 2 N–H and O–H groups in total. The van der Waals surface area contributed by atoms with Crippen molar-refractivity contribution in [2.75, 3.05) is 25.5 Å². The highest BCUT2D eigenvalue weighted by atomic mass is 19.1. The highest BCUT2D eigenvalue weighted by molar-refractivity contribution is 5.84. The predicted molar refractivity (Wildman–Crippen MR) is 122 cm³/mol. The number of hydrogen-bond donors (Lipinski definition) is 2. The van der Waals surface area contributed by atoms with E-state index in [0.717, 1.165) is 90.5 Å². The van der Waals surface area contributed by atoms with Gasteiger partial charge < -0.3 is 15.2 Å². The molecule has 32 heavy (non-hydrogen) atoms. The minimum Gasteiger partial charge on any atom is -0.373 e. The zero-order valence-corrected chi connectivity index (χ0v) is 18.8. The van der Waals surface area contributed by atoms with Crippen LogP contribution in [0.1, 0.15) is 54.1 Å². The number of likely N-dealkylation sites (tertiary alicyclic amines) is 1. The number of nitrogens with one attached hydrogen (secondary N) is 2. The van der Waals surface area contributed by atoms with Gasteiger partial charge in [0.25, 0.3) is 0 Å². The Morgan fingerprint density at radius 1 is 1.31 bits per heavy atom. The van der Waals surface area contributed by atoms with Gasteiger partial charge in [-0.05, 0) is 43.5 Å². The third-order valence-electron chi connectivity index (χ3n) is 6.81. The molecule has 0 spiro atoms. The highest BCUT2D eigenvalue weighted by Crippen LogP contribution is 2.34. The van der Waals surface area contributed by atoms with Crippen molar-refractivity contribution in [3.05, 3.63) is 52.4 Å². The second kappa shape index (κ2) is 8.16. The van der Waals surface area contributed by atoms with Gasteiger partial charge in [0.1, 0.15) is 11.6 Å². The number of rotatable bonds is 4. The first-order valence-corrected chi connectivity index (χ1v) is 11.3. The molecule has 8 heteroatoms. The quantitative estimate of drug-likeness (QED) is 0.652. The van der Waals surface area contributed by atoms with E-state index < -0.39 is 0 Å². The summed E-state index contributed by atoms with van der Waals surface area (Å²) < 4.78 is 13.9. The van der Waals surface area contributed by atoms with Gasteiger partial charge in [0.2, 0.25) is 5.91 Å². The van der Waals surface area contributed by atoms with Crippen LogP contribution in [0, 0.1) is 12.7 Å². The molecule has 2 aliphatic rings. The Kier molecular flexibility index (Phi) is 5.33. The lowest BCUT2D eigenvalue weighted by atomic mass is 10.0. The summed E-state index contributed by atoms with van der Waals surface area (Å²) in [5.74, 6) is 1.45. The van der Waals surface area contributed by atoms with Crippen LogP contribution in [0.4, 0.5) is 10.2 Å². The van der Waals surface area contributed by atoms with Gasteiger partial charge in [-0.1, -0.05) is 0 Å². The molecular formula is C24H29FN6O. The zero-order chi connectivity index (χ0) is 22.4. The van der Waals surface area contributed by atoms with Crippen molar-refractivity contribution in [3.8, 4) is 0 Å². The maximum atomic E-state index is 13.9. The summed E-state index contributed by atoms with van der Waals surface area (Å²) in [5, 5.41) is 4.20. The van der Waals surface area contributed by atoms with Crippen LogP contribution in [0.25, 0.3) is 10.9 Å². The molecule has 0 radical (unpaired) electrons. The van der Waals surface area contributed by atoms with E-state index in [1.165, 1.54) is 6.07 Å². The minimum absolute atomic E-state index is 0.0355. The molecule has 1 atom stereocenters. The fourth-order valence-electron chi connectivity index (χ4n) is 5.17. The number of halogens is 1. The normalized spacial score (nSPS) is 18.9. The molecule has 5 rings (SSSR count). The summed E-state index contributed by atoms with van der Waals surface area (Å²) in [6, 6.07) is 4.87. The van der Waals surface area contributed by atoms with Crippen LogP contribution in [-0.2, 0) is 24.3 Å². The average Bonchev–Trinajstić information content (AvgIpc) is 3.38. The van der Waals surface area contributed by atoms with Crippen LogP contribution in [0.15, 0.2) is 18.2 Å². The van der Waals surface area contributed by atoms with E-state index in [2.05, 4.69) is 15.2 Å². The number of anilines is 1. The lowest BCUT2D eigenvalue weighted by Gasteiger charge is -2.31. The predicted octanol–water partition coefficient (Wildman–Crippen LogP) is 3.69. The molecule has 1 amide bonds. The topological polar surface area (TPSA) is 77.2 Å². The largest absolute Gasteiger partial charge is 0.373 e. The van der Waals surface area contributed by atoms with Crippen molar-refractivity contribution >= 4 is 22.6 Å². The second-order valence-corrected chi connectivity index (χ2v) is 8.86. The molecular weight excluding hydrogens is 407 g/mol. The molecule has 7 nitrogen and oxygen atoms in total. The summed E-state index contributed by atoms with van der Waals surface area (Å²) in [6.45, 7) is 6.77. The van der Waals surface area contributed by atoms with Gasteiger partial charge in [0.05, 0.1) is 11.7 Å². The van der Waals surface area contributed by atoms with Crippen LogP contribution in [0.3, 0.4) is 0 Å². The number of aromatic nitrogens is 3. The fourth-order valence-corrected chi connectivity index (χ4v) is 5.17. The zero-order valence-electron chi connectivity index (χ0n) is 18.8. The van der Waals surface area contributed by atoms with E-state index in [9.17, 15) is 9.18 Å². The van der Waals surface area contributed by atoms with Gasteiger partial charge in [-0.2, -0.15) is 0 Å². The average molecular weight is 437 g/mol. The fraction of sp³-hybridized carbons (Fsp3) is 0.458. The first-order chi connectivity index (χ1) is 15.4. The molecule has 2 aliphatic heterocycles. The molecule has 168 valence electrons. The minimum atomic E-state index is -0.216. The lowest BCUT2D eigenvalue weighted by molar-refractivity contribution is -0.129. The van der Waals surface area contributed by atoms with E-state index in [1.54, 1.807) is 19.1 Å². The Morgan fingerprint density at radius 2 is 2.16 bits per heavy atom. The molecule has 2 aromatic heterocycles. The van der Waals surface area contributed by atoms with Crippen molar-refractivity contribution in [2.45, 2.75) is 52.2 Å². The summed E-state index contributed by atoms with van der Waals surface area (Å²) in [7, 11) is 1.88. The van der Waals surface area contributed by atoms with Crippen molar-refractivity contribution in [3.63, 3.8) is 0 Å². The molecule has 4 heterocycles. The Bertz CT molecular complexity index is 1170. The van der Waals surface area contributed by atoms with Crippen LogP contribution >= 0.6 is 0 Å². The molecule has 0 aliphatic carbocycles. The Balaban J connectivity index is 1.42. The van der Waals surface area contributed by atoms with E-state index >= 15 is 0 Å². The van der Waals surface area contributed by atoms with Crippen LogP contribution in [-0.4, -0.2) is 50.8 Å². The Labute approximate surface area is 187 Å². The number of aromatic amines is 1. The van der Waals surface area contributed by atoms with Crippen LogP contribution in [0.2, 0.25) is 0 Å². The number of nitrogens with zero attached hydrogens (tertiary/aromatic N) is 4. The van der Waals surface area contributed by atoms with Crippen molar-refractivity contribution in [1.82, 2.24) is 24.8 Å². The summed E-state index contributed by atoms with van der Waals surface area (Å²) in [6.07, 6.45) is 2.71. The molecule has 0 bridgehead atoms. The van der Waals surface area contributed by atoms with E-state index in [1.807, 2.05) is 18.9 Å². The third kappa shape index (κ3) is 3.62. The van der Waals surface area contributed by atoms with Crippen molar-refractivity contribution in [2.24, 2.45) is 0 Å². The number of amides is 1. The second-order valence-electron chi connectivity index (χ2n) is 8.86. The maximum absolute atomic E-state index is 13.9. The number of carbonyl (C=O) groups is 1. The number of fused-ring (bicyclic) bond motifs is 2. The van der Waals surface area contributed by atoms with Crippen molar-refractivity contribution in [1.29, 1.82) is 0 Å². The van der Waals surface area contributed by atoms with Gasteiger partial charge in [0, 0.05) is 68.7 Å². The molecule has 1 saturated heterocycles. The smallest absolute Gasteiger partial charge is 0.220 e. The van der Waals surface area contributed by atoms with Crippen LogP contribution < -0.4 is 5.32 Å². The van der Waals surface area contributed by atoms with E-state index in [4.69, 9.17) is 9.97 Å². The molecule has 1 aromatic carbocycles. The molecule has 1 fully saturated rings. The van der Waals surface area contributed by atoms with Gasteiger partial charge in [-0.3, -0.25) is 9.69 Å². The summed E-state index contributed by atoms with van der Waals surface area (Å²) in [4.78, 5) is 29.4. The Morgan fingerprint density at radius 3 is 2.94 bits per heavy atom. The third-order valence-corrected chi connectivity index (χ3v) is 6.81. The summed E-state index contributed by atoms with van der Waals surface area (Å²) >= 11 is 0. The van der Waals surface area contributed by atoms with Gasteiger partial charge >= 0.3 is 0 Å². The number of aryl methyl sites for hydroxylation is 1. The van der Waals surface area contributed by atoms with Crippen LogP contribution in [0.5, 0.6) is 0 Å². The number of carbonyl (C=O) groups excluding carboxylic acids is 1. The molecule has 0 saturated carbocycles. The first kappa shape index (κ1) is 20.9. The maximum Gasteiger partial charge on any atom is 0.220 e. The van der Waals surface area contributed by atoms with Gasteiger partial charge in [-0.25, -0.2) is 14.4 Å². The number of benzene rings is 1. The van der Waals surface area contributed by atoms with Gasteiger partial charge in [0.15, 0.2) is 5.82 Å².